The van der Waals surface area contributed by atoms with Gasteiger partial charge in [0, 0.05) is 32.0 Å². The molecule has 0 aliphatic carbocycles. The third-order valence-corrected chi connectivity index (χ3v) is 6.62. The number of benzene rings is 2. The Morgan fingerprint density at radius 2 is 1.73 bits per heavy atom. The van der Waals surface area contributed by atoms with E-state index in [0.717, 1.165) is 21.1 Å². The molecule has 0 radical (unpaired) electrons. The first-order valence-corrected chi connectivity index (χ1v) is 12.0. The summed E-state index contributed by atoms with van der Waals surface area (Å²) in [5, 5.41) is 7.06. The minimum absolute atomic E-state index is 0.174. The Balaban J connectivity index is 1.71. The molecule has 0 unspecified atom stereocenters. The molecule has 0 saturated heterocycles. The predicted molar refractivity (Wildman–Crippen MR) is 132 cm³/mol. The van der Waals surface area contributed by atoms with Gasteiger partial charge in [-0.2, -0.15) is 22.4 Å². The zero-order valence-corrected chi connectivity index (χ0v) is 20.8. The molecule has 0 saturated carbocycles. The van der Waals surface area contributed by atoms with Crippen LogP contribution in [0, 0.1) is 6.92 Å². The van der Waals surface area contributed by atoms with Crippen LogP contribution in [0.5, 0.6) is 5.75 Å². The lowest BCUT2D eigenvalue weighted by Gasteiger charge is -2.13. The monoisotopic (exact) mass is 510 g/mol. The van der Waals surface area contributed by atoms with E-state index in [4.69, 9.17) is 27.9 Å². The lowest BCUT2D eigenvalue weighted by molar-refractivity contribution is 0.412. The van der Waals surface area contributed by atoms with Crippen LogP contribution in [0.15, 0.2) is 42.6 Å². The molecule has 0 amide bonds. The Kier molecular flexibility index (Phi) is 7.98. The number of methoxy groups -OCH3 is 1. The van der Waals surface area contributed by atoms with Crippen molar-refractivity contribution in [3.05, 3.63) is 63.8 Å². The molecule has 0 aliphatic rings. The molecule has 12 heteroatoms. The van der Waals surface area contributed by atoms with E-state index in [1.165, 1.54) is 20.3 Å². The molecule has 176 valence electrons. The highest BCUT2D eigenvalue weighted by molar-refractivity contribution is 7.87. The Labute approximate surface area is 203 Å². The number of hydrogen-bond donors (Lipinski definition) is 3. The van der Waals surface area contributed by atoms with Crippen LogP contribution in [-0.4, -0.2) is 43.9 Å². The van der Waals surface area contributed by atoms with Crippen LogP contribution in [0.2, 0.25) is 10.0 Å². The van der Waals surface area contributed by atoms with E-state index in [0.29, 0.717) is 33.2 Å². The smallest absolute Gasteiger partial charge is 0.279 e. The van der Waals surface area contributed by atoms with E-state index in [1.54, 1.807) is 37.4 Å². The Morgan fingerprint density at radius 1 is 1.03 bits per heavy atom. The number of rotatable bonds is 9. The van der Waals surface area contributed by atoms with Crippen molar-refractivity contribution in [2.24, 2.45) is 0 Å². The maximum absolute atomic E-state index is 11.8. The van der Waals surface area contributed by atoms with Gasteiger partial charge in [-0.3, -0.25) is 0 Å². The van der Waals surface area contributed by atoms with Crippen LogP contribution < -0.4 is 20.1 Å². The zero-order chi connectivity index (χ0) is 24.2. The third-order valence-electron chi connectivity index (χ3n) is 4.59. The molecule has 3 rings (SSSR count). The number of hydrogen-bond acceptors (Lipinski definition) is 7. The van der Waals surface area contributed by atoms with Crippen LogP contribution in [0.25, 0.3) is 0 Å². The second-order valence-electron chi connectivity index (χ2n) is 7.25. The van der Waals surface area contributed by atoms with Crippen LogP contribution in [0.3, 0.4) is 0 Å². The number of aryl methyl sites for hydroxylation is 1. The minimum atomic E-state index is -3.49. The van der Waals surface area contributed by atoms with Gasteiger partial charge >= 0.3 is 0 Å². The van der Waals surface area contributed by atoms with Crippen LogP contribution in [-0.2, 0) is 16.8 Å². The second-order valence-corrected chi connectivity index (χ2v) is 10.0. The fraction of sp³-hybridized carbons (Fsp3) is 0.238. The maximum Gasteiger partial charge on any atom is 0.279 e. The second kappa shape index (κ2) is 10.5. The molecule has 33 heavy (non-hydrogen) atoms. The first-order chi connectivity index (χ1) is 15.6. The molecule has 0 atom stereocenters. The van der Waals surface area contributed by atoms with Gasteiger partial charge in [-0.25, -0.2) is 4.98 Å². The Hall–Kier alpha value is -2.63. The van der Waals surface area contributed by atoms with E-state index < -0.39 is 10.2 Å². The van der Waals surface area contributed by atoms with Crippen LogP contribution in [0.1, 0.15) is 11.1 Å². The van der Waals surface area contributed by atoms with E-state index in [1.807, 2.05) is 13.0 Å². The minimum Gasteiger partial charge on any atom is -0.495 e. The standard InChI is InChI=1S/C21H24Cl2N6O3S/c1-13-9-16(10-17(22)19(13)32-4)27-21-24-12-18(23)20(28-21)26-15-7-5-14(6-8-15)11-25-33(30,31)29(2)3/h5-10,12,25H,11H2,1-4H3,(H2,24,26,27,28). The van der Waals surface area contributed by atoms with Gasteiger partial charge in [0.15, 0.2) is 5.82 Å². The Morgan fingerprint density at radius 3 is 2.33 bits per heavy atom. The van der Waals surface area contributed by atoms with E-state index in [-0.39, 0.29) is 6.54 Å². The normalized spacial score (nSPS) is 11.5. The molecule has 0 spiro atoms. The third kappa shape index (κ3) is 6.46. The molecular weight excluding hydrogens is 487 g/mol. The summed E-state index contributed by atoms with van der Waals surface area (Å²) in [5.74, 6) is 1.35. The van der Waals surface area contributed by atoms with Crippen molar-refractivity contribution in [2.45, 2.75) is 13.5 Å². The quantitative estimate of drug-likeness (QED) is 0.389. The number of aromatic nitrogens is 2. The fourth-order valence-corrected chi connectivity index (χ4v) is 3.94. The van der Waals surface area contributed by atoms with E-state index >= 15 is 0 Å². The summed E-state index contributed by atoms with van der Waals surface area (Å²) in [6.07, 6.45) is 1.49. The predicted octanol–water partition coefficient (Wildman–Crippen LogP) is 4.48. The van der Waals surface area contributed by atoms with E-state index in [2.05, 4.69) is 25.3 Å². The SMILES string of the molecule is COc1c(C)cc(Nc2ncc(Cl)c(Nc3ccc(CNS(=O)(=O)N(C)C)cc3)n2)cc1Cl. The lowest BCUT2D eigenvalue weighted by Crippen LogP contribution is -2.35. The van der Waals surface area contributed by atoms with Crippen molar-refractivity contribution in [3.8, 4) is 5.75 Å². The number of nitrogens with zero attached hydrogens (tertiary/aromatic N) is 3. The summed E-state index contributed by atoms with van der Waals surface area (Å²) in [4.78, 5) is 8.65. The number of anilines is 4. The molecule has 1 heterocycles. The van der Waals surface area contributed by atoms with Crippen LogP contribution in [0.4, 0.5) is 23.1 Å². The summed E-state index contributed by atoms with van der Waals surface area (Å²) in [6, 6.07) is 10.8. The van der Waals surface area contributed by atoms with Crippen molar-refractivity contribution in [2.75, 3.05) is 31.8 Å². The average Bonchev–Trinajstić information content (AvgIpc) is 2.75. The first kappa shape index (κ1) is 25.0. The number of halogens is 2. The van der Waals surface area contributed by atoms with Crippen molar-refractivity contribution >= 4 is 56.6 Å². The molecular formula is C21H24Cl2N6O3S. The maximum atomic E-state index is 11.8. The largest absolute Gasteiger partial charge is 0.495 e. The van der Waals surface area contributed by atoms with Gasteiger partial charge in [0.05, 0.1) is 18.3 Å². The summed E-state index contributed by atoms with van der Waals surface area (Å²) in [6.45, 7) is 2.06. The van der Waals surface area contributed by atoms with Crippen molar-refractivity contribution in [1.29, 1.82) is 0 Å². The summed E-state index contributed by atoms with van der Waals surface area (Å²) in [5.41, 5.74) is 3.10. The number of ether oxygens (including phenoxy) is 1. The number of nitrogens with one attached hydrogen (secondary N) is 3. The fourth-order valence-electron chi connectivity index (χ4n) is 2.85. The molecule has 1 aromatic heterocycles. The molecule has 3 N–H and O–H groups in total. The van der Waals surface area contributed by atoms with Crippen LogP contribution >= 0.6 is 23.2 Å². The van der Waals surface area contributed by atoms with Crippen molar-refractivity contribution in [3.63, 3.8) is 0 Å². The average molecular weight is 511 g/mol. The van der Waals surface area contributed by atoms with Crippen molar-refractivity contribution in [1.82, 2.24) is 19.0 Å². The van der Waals surface area contributed by atoms with Gasteiger partial charge in [-0.05, 0) is 42.3 Å². The molecule has 2 aromatic carbocycles. The zero-order valence-electron chi connectivity index (χ0n) is 18.5. The molecule has 0 aliphatic heterocycles. The molecule has 0 fully saturated rings. The summed E-state index contributed by atoms with van der Waals surface area (Å²) in [7, 11) is 1.01. The summed E-state index contributed by atoms with van der Waals surface area (Å²) >= 11 is 12.5. The van der Waals surface area contributed by atoms with Gasteiger partial charge in [0.1, 0.15) is 10.8 Å². The van der Waals surface area contributed by atoms with Gasteiger partial charge in [-0.15, -0.1) is 0 Å². The first-order valence-electron chi connectivity index (χ1n) is 9.76. The molecule has 9 nitrogen and oxygen atoms in total. The summed E-state index contributed by atoms with van der Waals surface area (Å²) < 4.78 is 32.6. The van der Waals surface area contributed by atoms with Gasteiger partial charge in [0.25, 0.3) is 10.2 Å². The van der Waals surface area contributed by atoms with Gasteiger partial charge in [-0.1, -0.05) is 35.3 Å². The molecule has 3 aromatic rings. The lowest BCUT2D eigenvalue weighted by atomic mass is 10.2. The molecule has 0 bridgehead atoms. The highest BCUT2D eigenvalue weighted by Gasteiger charge is 2.13. The highest BCUT2D eigenvalue weighted by atomic mass is 35.5. The topological polar surface area (TPSA) is 108 Å². The van der Waals surface area contributed by atoms with Crippen molar-refractivity contribution < 1.29 is 13.2 Å². The highest BCUT2D eigenvalue weighted by Crippen LogP contribution is 2.33. The van der Waals surface area contributed by atoms with Gasteiger partial charge < -0.3 is 15.4 Å². The van der Waals surface area contributed by atoms with E-state index in [9.17, 15) is 8.42 Å². The van der Waals surface area contributed by atoms with Gasteiger partial charge in [0.2, 0.25) is 5.95 Å². The Bertz CT molecular complexity index is 1210.